The largest absolute Gasteiger partial charge is 0.467 e. The first kappa shape index (κ1) is 21.3. The van der Waals surface area contributed by atoms with Gasteiger partial charge >= 0.3 is 11.9 Å². The van der Waals surface area contributed by atoms with E-state index in [2.05, 4.69) is 31.1 Å². The molecule has 0 saturated carbocycles. The Morgan fingerprint density at radius 1 is 1.22 bits per heavy atom. The van der Waals surface area contributed by atoms with Crippen LogP contribution >= 0.6 is 11.8 Å². The fourth-order valence-corrected chi connectivity index (χ4v) is 4.46. The number of thioether (sulfide) groups is 1. The maximum atomic E-state index is 12.5. The summed E-state index contributed by atoms with van der Waals surface area (Å²) in [6.07, 6.45) is 0.779. The summed E-state index contributed by atoms with van der Waals surface area (Å²) in [6, 6.07) is -1.22. The lowest BCUT2D eigenvalue weighted by molar-refractivity contribution is -0.150. The molecule has 1 amide bonds. The molecule has 0 aliphatic carbocycles. The van der Waals surface area contributed by atoms with Crippen molar-refractivity contribution in [3.05, 3.63) is 11.4 Å². The van der Waals surface area contributed by atoms with Crippen LogP contribution in [0.4, 0.5) is 0 Å². The minimum Gasteiger partial charge on any atom is -0.467 e. The molecule has 1 saturated heterocycles. The van der Waals surface area contributed by atoms with Crippen molar-refractivity contribution in [1.82, 2.24) is 10.2 Å². The summed E-state index contributed by atoms with van der Waals surface area (Å²) in [5.41, 5.74) is -0.422. The van der Waals surface area contributed by atoms with Gasteiger partial charge in [-0.05, 0) is 25.7 Å². The van der Waals surface area contributed by atoms with Gasteiger partial charge in [0.25, 0.3) is 0 Å². The Hall–Kier alpha value is -2.03. The second kappa shape index (κ2) is 7.53. The average molecular weight is 397 g/mol. The molecule has 0 aromatic carbocycles. The van der Waals surface area contributed by atoms with Crippen molar-refractivity contribution in [3.63, 3.8) is 0 Å². The third-order valence-corrected chi connectivity index (χ3v) is 4.99. The normalized spacial score (nSPS) is 20.3. The minimum absolute atomic E-state index is 0.0223. The van der Waals surface area contributed by atoms with Crippen LogP contribution in [0.15, 0.2) is 16.4 Å². The number of rotatable bonds is 5. The smallest absolute Gasteiger partial charge is 0.340 e. The summed E-state index contributed by atoms with van der Waals surface area (Å²) < 4.78 is 9.75. The van der Waals surface area contributed by atoms with E-state index < -0.39 is 23.5 Å². The number of aliphatic imine (C=N–C) groups is 1. The molecule has 0 aromatic heterocycles. The number of methoxy groups -OCH3 is 2. The predicted octanol–water partition coefficient (Wildman–Crippen LogP) is 1.66. The number of carbonyl (C=O) groups excluding carboxylic acids is 3. The Kier molecular flexibility index (Phi) is 5.94. The molecule has 150 valence electrons. The van der Waals surface area contributed by atoms with Crippen LogP contribution in [0, 0.1) is 5.41 Å². The highest BCUT2D eigenvalue weighted by Crippen LogP contribution is 2.34. The predicted molar refractivity (Wildman–Crippen MR) is 103 cm³/mol. The van der Waals surface area contributed by atoms with E-state index in [1.54, 1.807) is 0 Å². The lowest BCUT2D eigenvalue weighted by Crippen LogP contribution is -2.53. The van der Waals surface area contributed by atoms with Crippen LogP contribution in [0.5, 0.6) is 0 Å². The summed E-state index contributed by atoms with van der Waals surface area (Å²) in [7, 11) is 2.44. The van der Waals surface area contributed by atoms with Crippen LogP contribution in [0.1, 0.15) is 41.0 Å². The second-order valence-corrected chi connectivity index (χ2v) is 9.32. The summed E-state index contributed by atoms with van der Waals surface area (Å²) in [4.78, 5) is 43.0. The number of hydrogen-bond acceptors (Lipinski definition) is 8. The zero-order valence-corrected chi connectivity index (χ0v) is 17.7. The quantitative estimate of drug-likeness (QED) is 0.705. The highest BCUT2D eigenvalue weighted by atomic mass is 32.2. The van der Waals surface area contributed by atoms with E-state index in [9.17, 15) is 14.4 Å². The molecule has 1 N–H and O–H groups in total. The van der Waals surface area contributed by atoms with Gasteiger partial charge in [0.15, 0.2) is 11.2 Å². The summed E-state index contributed by atoms with van der Waals surface area (Å²) in [5, 5.41) is 3.66. The number of hydrogen-bond donors (Lipinski definition) is 1. The fourth-order valence-electron chi connectivity index (χ4n) is 3.57. The van der Waals surface area contributed by atoms with Crippen LogP contribution in [0.2, 0.25) is 0 Å². The van der Waals surface area contributed by atoms with Gasteiger partial charge in [-0.2, -0.15) is 0 Å². The summed E-state index contributed by atoms with van der Waals surface area (Å²) in [5.74, 6) is -1.36. The van der Waals surface area contributed by atoms with E-state index in [1.165, 1.54) is 30.9 Å². The van der Waals surface area contributed by atoms with Crippen molar-refractivity contribution < 1.29 is 23.9 Å². The van der Waals surface area contributed by atoms with Gasteiger partial charge in [0.2, 0.25) is 5.91 Å². The molecule has 0 spiro atoms. The Balaban J connectivity index is 2.56. The number of amidine groups is 1. The van der Waals surface area contributed by atoms with Gasteiger partial charge in [-0.25, -0.2) is 14.6 Å². The van der Waals surface area contributed by atoms with E-state index >= 15 is 0 Å². The van der Waals surface area contributed by atoms with Gasteiger partial charge in [0.05, 0.1) is 20.0 Å². The third-order valence-electron chi connectivity index (χ3n) is 4.05. The van der Waals surface area contributed by atoms with Crippen molar-refractivity contribution in [1.29, 1.82) is 0 Å². The highest BCUT2D eigenvalue weighted by molar-refractivity contribution is 8.15. The number of nitrogens with zero attached hydrogens (tertiary/aromatic N) is 2. The number of carbonyl (C=O) groups is 3. The molecular formula is C18H27N3O5S. The Bertz CT molecular complexity index is 721. The minimum atomic E-state index is -1.22. The molecule has 0 aromatic rings. The van der Waals surface area contributed by atoms with Gasteiger partial charge in [-0.15, -0.1) is 0 Å². The monoisotopic (exact) mass is 397 g/mol. The first-order valence-corrected chi connectivity index (χ1v) is 9.61. The molecule has 0 bridgehead atoms. The molecule has 8 nitrogen and oxygen atoms in total. The molecule has 1 unspecified atom stereocenters. The van der Waals surface area contributed by atoms with Gasteiger partial charge in [0, 0.05) is 5.54 Å². The van der Waals surface area contributed by atoms with E-state index in [1.807, 2.05) is 13.8 Å². The molecule has 0 radical (unpaired) electrons. The van der Waals surface area contributed by atoms with E-state index in [0.717, 1.165) is 6.42 Å². The fraction of sp³-hybridized carbons (Fsp3) is 0.667. The molecule has 1 fully saturated rings. The zero-order valence-electron chi connectivity index (χ0n) is 16.8. The lowest BCUT2D eigenvalue weighted by Gasteiger charge is -2.37. The number of nitrogens with one attached hydrogen (secondary N) is 1. The Morgan fingerprint density at radius 2 is 1.85 bits per heavy atom. The van der Waals surface area contributed by atoms with Crippen LogP contribution in [-0.4, -0.2) is 59.5 Å². The lowest BCUT2D eigenvalue weighted by atomic mass is 9.81. The van der Waals surface area contributed by atoms with Gasteiger partial charge in [0.1, 0.15) is 11.4 Å². The summed E-state index contributed by atoms with van der Waals surface area (Å²) in [6.45, 7) is 10.3. The standard InChI is InChI=1S/C18H27N3O5S/c1-17(2,3)9-18(4,5)20-13-11(14(23)25-6)12(15(24)26-7)21-10(22)8-27-16(21)19-13/h12,20H,8-9H2,1-7H3. The van der Waals surface area contributed by atoms with Gasteiger partial charge < -0.3 is 14.8 Å². The molecule has 1 atom stereocenters. The molecule has 2 heterocycles. The third kappa shape index (κ3) is 4.63. The molecule has 2 aliphatic heterocycles. The van der Waals surface area contributed by atoms with Gasteiger partial charge in [-0.3, -0.25) is 9.69 Å². The SMILES string of the molecule is COC(=O)C1=C(NC(C)(C)CC(C)(C)C)N=C2SCC(=O)N2C1C(=O)OC. The Labute approximate surface area is 163 Å². The average Bonchev–Trinajstić information content (AvgIpc) is 2.90. The summed E-state index contributed by atoms with van der Waals surface area (Å²) >= 11 is 1.22. The van der Waals surface area contributed by atoms with Crippen molar-refractivity contribution in [3.8, 4) is 0 Å². The number of esters is 2. The highest BCUT2D eigenvalue weighted by Gasteiger charge is 2.48. The Morgan fingerprint density at radius 3 is 2.37 bits per heavy atom. The van der Waals surface area contributed by atoms with Crippen molar-refractivity contribution in [2.24, 2.45) is 10.4 Å². The van der Waals surface area contributed by atoms with E-state index in [4.69, 9.17) is 9.47 Å². The molecule has 2 rings (SSSR count). The van der Waals surface area contributed by atoms with E-state index in [-0.39, 0.29) is 28.5 Å². The molecule has 2 aliphatic rings. The van der Waals surface area contributed by atoms with Crippen LogP contribution in [0.25, 0.3) is 0 Å². The molecule has 27 heavy (non-hydrogen) atoms. The topological polar surface area (TPSA) is 97.3 Å². The number of fused-ring (bicyclic) bond motifs is 1. The second-order valence-electron chi connectivity index (χ2n) is 8.37. The van der Waals surface area contributed by atoms with E-state index in [0.29, 0.717) is 5.17 Å². The van der Waals surface area contributed by atoms with Crippen LogP contribution < -0.4 is 5.32 Å². The number of amides is 1. The van der Waals surface area contributed by atoms with Crippen LogP contribution in [0.3, 0.4) is 0 Å². The van der Waals surface area contributed by atoms with Crippen LogP contribution in [-0.2, 0) is 23.9 Å². The van der Waals surface area contributed by atoms with Gasteiger partial charge in [-0.1, -0.05) is 32.5 Å². The zero-order chi connectivity index (χ0) is 20.6. The van der Waals surface area contributed by atoms with Crippen molar-refractivity contribution >= 4 is 34.8 Å². The first-order chi connectivity index (χ1) is 12.4. The maximum absolute atomic E-state index is 12.5. The number of ether oxygens (including phenoxy) is 2. The molecular weight excluding hydrogens is 370 g/mol. The molecule has 9 heteroatoms. The first-order valence-electron chi connectivity index (χ1n) is 8.62. The maximum Gasteiger partial charge on any atom is 0.340 e. The van der Waals surface area contributed by atoms with Crippen molar-refractivity contribution in [2.75, 3.05) is 20.0 Å². The van der Waals surface area contributed by atoms with Crippen molar-refractivity contribution in [2.45, 2.75) is 52.6 Å².